The highest BCUT2D eigenvalue weighted by Crippen LogP contribution is 2.13. The first-order valence-corrected chi connectivity index (χ1v) is 7.00. The highest BCUT2D eigenvalue weighted by molar-refractivity contribution is 5.90. The summed E-state index contributed by atoms with van der Waals surface area (Å²) in [7, 11) is 1.24. The van der Waals surface area contributed by atoms with Gasteiger partial charge in [-0.2, -0.15) is 0 Å². The molecule has 1 aromatic rings. The van der Waals surface area contributed by atoms with Crippen LogP contribution in [0.15, 0.2) is 16.7 Å². The summed E-state index contributed by atoms with van der Waals surface area (Å²) in [4.78, 5) is 34.4. The van der Waals surface area contributed by atoms with Gasteiger partial charge in [0.25, 0.3) is 0 Å². The molecule has 0 atom stereocenters. The fourth-order valence-corrected chi connectivity index (χ4v) is 1.54. The zero-order valence-corrected chi connectivity index (χ0v) is 13.6. The summed E-state index contributed by atoms with van der Waals surface area (Å²) < 4.78 is 19.6. The second-order valence-electron chi connectivity index (χ2n) is 5.59. The second-order valence-corrected chi connectivity index (χ2v) is 5.59. The number of furan rings is 1. The number of hydrogen-bond acceptors (Lipinski definition) is 7. The Morgan fingerprint density at radius 1 is 1.26 bits per heavy atom. The molecule has 1 aromatic heterocycles. The van der Waals surface area contributed by atoms with Gasteiger partial charge in [0.15, 0.2) is 5.76 Å². The van der Waals surface area contributed by atoms with Gasteiger partial charge in [-0.15, -0.1) is 0 Å². The first-order valence-electron chi connectivity index (χ1n) is 7.00. The summed E-state index contributed by atoms with van der Waals surface area (Å²) in [5.41, 5.74) is -0.402. The van der Waals surface area contributed by atoms with Crippen molar-refractivity contribution in [3.63, 3.8) is 0 Å². The molecule has 1 heterocycles. The lowest BCUT2D eigenvalue weighted by atomic mass is 10.2. The van der Waals surface area contributed by atoms with Gasteiger partial charge < -0.3 is 23.9 Å². The van der Waals surface area contributed by atoms with Crippen LogP contribution in [0.25, 0.3) is 0 Å². The number of rotatable bonds is 6. The number of carbonyl (C=O) groups is 3. The SMILES string of the molecule is COC(=O)c1ccoc1COC(=O)CCNC(=O)OC(C)(C)C. The van der Waals surface area contributed by atoms with Crippen molar-refractivity contribution in [2.24, 2.45) is 0 Å². The zero-order valence-electron chi connectivity index (χ0n) is 13.6. The van der Waals surface area contributed by atoms with E-state index in [1.54, 1.807) is 20.8 Å². The van der Waals surface area contributed by atoms with E-state index >= 15 is 0 Å². The average molecular weight is 327 g/mol. The molecule has 0 unspecified atom stereocenters. The summed E-state index contributed by atoms with van der Waals surface area (Å²) in [6.45, 7) is 5.10. The van der Waals surface area contributed by atoms with Crippen LogP contribution in [0.1, 0.15) is 43.3 Å². The van der Waals surface area contributed by atoms with Gasteiger partial charge in [0, 0.05) is 6.54 Å². The number of hydrogen-bond donors (Lipinski definition) is 1. The second kappa shape index (κ2) is 8.21. The maximum atomic E-state index is 11.6. The fourth-order valence-electron chi connectivity index (χ4n) is 1.54. The van der Waals surface area contributed by atoms with Crippen LogP contribution in [0.2, 0.25) is 0 Å². The van der Waals surface area contributed by atoms with E-state index in [0.29, 0.717) is 0 Å². The van der Waals surface area contributed by atoms with Crippen molar-refractivity contribution in [1.82, 2.24) is 5.32 Å². The van der Waals surface area contributed by atoms with Gasteiger partial charge in [0.05, 0.1) is 19.8 Å². The van der Waals surface area contributed by atoms with Crippen LogP contribution in [0.5, 0.6) is 0 Å². The molecule has 8 heteroatoms. The van der Waals surface area contributed by atoms with E-state index < -0.39 is 23.6 Å². The number of ether oxygens (including phenoxy) is 3. The van der Waals surface area contributed by atoms with Gasteiger partial charge in [-0.25, -0.2) is 9.59 Å². The minimum atomic E-state index is -0.607. The van der Waals surface area contributed by atoms with Crippen molar-refractivity contribution in [1.29, 1.82) is 0 Å². The van der Waals surface area contributed by atoms with Crippen molar-refractivity contribution in [3.05, 3.63) is 23.7 Å². The lowest BCUT2D eigenvalue weighted by Crippen LogP contribution is -2.33. The molecule has 23 heavy (non-hydrogen) atoms. The molecular weight excluding hydrogens is 306 g/mol. The van der Waals surface area contributed by atoms with E-state index in [0.717, 1.165) is 0 Å². The lowest BCUT2D eigenvalue weighted by molar-refractivity contribution is -0.145. The first kappa shape index (κ1) is 18.5. The van der Waals surface area contributed by atoms with Gasteiger partial charge in [0.2, 0.25) is 0 Å². The Bertz CT molecular complexity index is 556. The normalized spacial score (nSPS) is 10.8. The lowest BCUT2D eigenvalue weighted by Gasteiger charge is -2.19. The number of carbonyl (C=O) groups excluding carboxylic acids is 3. The molecule has 128 valence electrons. The molecular formula is C15H21NO7. The molecule has 0 bridgehead atoms. The molecule has 0 aromatic carbocycles. The first-order chi connectivity index (χ1) is 10.7. The minimum Gasteiger partial charge on any atom is -0.465 e. The van der Waals surface area contributed by atoms with Crippen LogP contribution < -0.4 is 5.32 Å². The van der Waals surface area contributed by atoms with Gasteiger partial charge in [0.1, 0.15) is 17.8 Å². The number of methoxy groups -OCH3 is 1. The van der Waals surface area contributed by atoms with Crippen molar-refractivity contribution in [2.45, 2.75) is 39.4 Å². The third kappa shape index (κ3) is 6.86. The quantitative estimate of drug-likeness (QED) is 0.629. The van der Waals surface area contributed by atoms with E-state index in [1.807, 2.05) is 0 Å². The highest BCUT2D eigenvalue weighted by Gasteiger charge is 2.18. The standard InChI is InChI=1S/C15H21NO7/c1-15(2,3)23-14(19)16-7-5-12(17)22-9-11-10(6-8-21-11)13(18)20-4/h6,8H,5,7,9H2,1-4H3,(H,16,19). The molecule has 0 aliphatic heterocycles. The Labute approximate surface area is 134 Å². The van der Waals surface area contributed by atoms with Crippen molar-refractivity contribution in [3.8, 4) is 0 Å². The van der Waals surface area contributed by atoms with Crippen LogP contribution in [-0.4, -0.2) is 37.3 Å². The molecule has 0 fully saturated rings. The predicted octanol–water partition coefficient (Wildman–Crippen LogP) is 2.02. The topological polar surface area (TPSA) is 104 Å². The highest BCUT2D eigenvalue weighted by atomic mass is 16.6. The Kier molecular flexibility index (Phi) is 6.62. The van der Waals surface area contributed by atoms with E-state index in [1.165, 1.54) is 19.4 Å². The van der Waals surface area contributed by atoms with Crippen LogP contribution in [-0.2, 0) is 25.6 Å². The van der Waals surface area contributed by atoms with Crippen molar-refractivity contribution in [2.75, 3.05) is 13.7 Å². The summed E-state index contributed by atoms with van der Waals surface area (Å²) in [6.07, 6.45) is 0.664. The molecule has 0 saturated carbocycles. The third-order valence-corrected chi connectivity index (χ3v) is 2.51. The summed E-state index contributed by atoms with van der Waals surface area (Å²) in [5.74, 6) is -0.921. The molecule has 0 spiro atoms. The predicted molar refractivity (Wildman–Crippen MR) is 78.7 cm³/mol. The van der Waals surface area contributed by atoms with Crippen LogP contribution >= 0.6 is 0 Å². The van der Waals surface area contributed by atoms with Gasteiger partial charge in [-0.1, -0.05) is 0 Å². The summed E-state index contributed by atoms with van der Waals surface area (Å²) in [5, 5.41) is 2.44. The maximum absolute atomic E-state index is 11.6. The van der Waals surface area contributed by atoms with Gasteiger partial charge >= 0.3 is 18.0 Å². The molecule has 0 saturated heterocycles. The van der Waals surface area contributed by atoms with Crippen LogP contribution in [0, 0.1) is 0 Å². The molecule has 0 aliphatic rings. The van der Waals surface area contributed by atoms with Gasteiger partial charge in [-0.3, -0.25) is 4.79 Å². The third-order valence-electron chi connectivity index (χ3n) is 2.51. The number of nitrogens with one attached hydrogen (secondary N) is 1. The minimum absolute atomic E-state index is 0.0342. The molecule has 1 amide bonds. The smallest absolute Gasteiger partial charge is 0.407 e. The Balaban J connectivity index is 2.32. The van der Waals surface area contributed by atoms with E-state index in [2.05, 4.69) is 10.1 Å². The monoisotopic (exact) mass is 327 g/mol. The van der Waals surface area contributed by atoms with E-state index in [-0.39, 0.29) is 30.9 Å². The molecule has 0 aliphatic carbocycles. The van der Waals surface area contributed by atoms with Crippen molar-refractivity contribution >= 4 is 18.0 Å². The van der Waals surface area contributed by atoms with Gasteiger partial charge in [-0.05, 0) is 26.8 Å². The molecule has 8 nitrogen and oxygen atoms in total. The molecule has 1 N–H and O–H groups in total. The zero-order chi connectivity index (χ0) is 17.5. The number of alkyl carbamates (subject to hydrolysis) is 1. The Hall–Kier alpha value is -2.51. The maximum Gasteiger partial charge on any atom is 0.407 e. The van der Waals surface area contributed by atoms with E-state index in [4.69, 9.17) is 13.9 Å². The average Bonchev–Trinajstić information content (AvgIpc) is 2.90. The summed E-state index contributed by atoms with van der Waals surface area (Å²) in [6, 6.07) is 1.43. The van der Waals surface area contributed by atoms with Crippen LogP contribution in [0.3, 0.4) is 0 Å². The fraction of sp³-hybridized carbons (Fsp3) is 0.533. The Morgan fingerprint density at radius 3 is 2.57 bits per heavy atom. The molecule has 0 radical (unpaired) electrons. The van der Waals surface area contributed by atoms with E-state index in [9.17, 15) is 14.4 Å². The van der Waals surface area contributed by atoms with Crippen molar-refractivity contribution < 1.29 is 33.0 Å². The number of esters is 2. The number of amides is 1. The van der Waals surface area contributed by atoms with Crippen LogP contribution in [0.4, 0.5) is 4.79 Å². The largest absolute Gasteiger partial charge is 0.465 e. The molecule has 1 rings (SSSR count). The summed E-state index contributed by atoms with van der Waals surface area (Å²) >= 11 is 0. The Morgan fingerprint density at radius 2 is 1.96 bits per heavy atom.